The molecule has 0 aliphatic heterocycles. The van der Waals surface area contributed by atoms with Gasteiger partial charge in [0.05, 0.1) is 12.2 Å². The second-order valence-electron chi connectivity index (χ2n) is 6.52. The minimum Gasteiger partial charge on any atom is -0.477 e. The summed E-state index contributed by atoms with van der Waals surface area (Å²) in [7, 11) is 0. The minimum absolute atomic E-state index is 0.0651. The molecule has 12 heteroatoms. The van der Waals surface area contributed by atoms with Crippen LogP contribution in [0.3, 0.4) is 0 Å². The van der Waals surface area contributed by atoms with Crippen molar-refractivity contribution in [3.8, 4) is 11.9 Å². The number of nitrogens with zero attached hydrogens (tertiary/aromatic N) is 3. The van der Waals surface area contributed by atoms with E-state index in [1.54, 1.807) is 6.92 Å². The highest BCUT2D eigenvalue weighted by molar-refractivity contribution is 5.90. The van der Waals surface area contributed by atoms with Crippen molar-refractivity contribution >= 4 is 17.5 Å². The maximum Gasteiger partial charge on any atom is 0.416 e. The van der Waals surface area contributed by atoms with Crippen molar-refractivity contribution in [2.75, 3.05) is 24.2 Å². The summed E-state index contributed by atoms with van der Waals surface area (Å²) >= 11 is 0. The molecule has 166 valence electrons. The van der Waals surface area contributed by atoms with Gasteiger partial charge in [-0.15, -0.1) is 0 Å². The van der Waals surface area contributed by atoms with Gasteiger partial charge in [-0.3, -0.25) is 4.79 Å². The topological polar surface area (TPSA) is 166 Å². The average Bonchev–Trinajstić information content (AvgIpc) is 2.70. The van der Waals surface area contributed by atoms with Gasteiger partial charge in [0.15, 0.2) is 5.54 Å². The van der Waals surface area contributed by atoms with Gasteiger partial charge in [-0.05, 0) is 44.5 Å². The Kier molecular flexibility index (Phi) is 7.24. The summed E-state index contributed by atoms with van der Waals surface area (Å²) < 4.78 is 44.8. The Morgan fingerprint density at radius 1 is 1.32 bits per heavy atom. The number of rotatable bonds is 9. The van der Waals surface area contributed by atoms with Crippen LogP contribution in [0.15, 0.2) is 24.3 Å². The molecule has 2 rings (SSSR count). The third-order valence-corrected chi connectivity index (χ3v) is 4.41. The van der Waals surface area contributed by atoms with Crippen molar-refractivity contribution < 1.29 is 22.7 Å². The highest BCUT2D eigenvalue weighted by Gasteiger charge is 2.43. The molecule has 1 atom stereocenters. The minimum atomic E-state index is -4.61. The lowest BCUT2D eigenvalue weighted by atomic mass is 9.85. The number of aromatic nitrogens is 2. The second kappa shape index (κ2) is 9.48. The smallest absolute Gasteiger partial charge is 0.416 e. The molecule has 0 spiro atoms. The number of ether oxygens (including phenoxy) is 1. The first kappa shape index (κ1) is 23.7. The van der Waals surface area contributed by atoms with E-state index in [9.17, 15) is 23.2 Å². The lowest BCUT2D eigenvalue weighted by Gasteiger charge is -2.33. The number of anilines is 2. The predicted molar refractivity (Wildman–Crippen MR) is 107 cm³/mol. The third-order valence-electron chi connectivity index (χ3n) is 4.41. The van der Waals surface area contributed by atoms with E-state index in [-0.39, 0.29) is 54.8 Å². The molecule has 0 aliphatic carbocycles. The Bertz CT molecular complexity index is 991. The summed E-state index contributed by atoms with van der Waals surface area (Å²) in [5.41, 5.74) is 13.7. The number of benzene rings is 1. The number of nitrogen functional groups attached to an aromatic ring is 1. The third kappa shape index (κ3) is 5.13. The summed E-state index contributed by atoms with van der Waals surface area (Å²) in [5.74, 6) is -1.46. The van der Waals surface area contributed by atoms with Gasteiger partial charge in [-0.2, -0.15) is 23.4 Å². The number of hydrogen-bond donors (Lipinski definition) is 4. The van der Waals surface area contributed by atoms with Crippen LogP contribution >= 0.6 is 0 Å². The standard InChI is InChI=1S/C19H22F3N7O2/c1-2-31-15-13(10-24)14(27-17(26)28-15)18(16(25)30,7-4-8-23)29-12-6-3-5-11(9-12)19(20,21)22/h3,5-6,9,29H,2,4,7-8,23H2,1H3,(H2,25,30)(H2,26,27,28)/t18-/m1/s1. The first-order valence-electron chi connectivity index (χ1n) is 9.25. The number of primary amides is 1. The van der Waals surface area contributed by atoms with Crippen LogP contribution in [-0.4, -0.2) is 29.0 Å². The van der Waals surface area contributed by atoms with Crippen molar-refractivity contribution in [3.63, 3.8) is 0 Å². The Labute approximate surface area is 176 Å². The number of nitriles is 1. The maximum absolute atomic E-state index is 13.2. The molecule has 0 bridgehead atoms. The molecule has 0 aliphatic rings. The zero-order chi connectivity index (χ0) is 23.2. The van der Waals surface area contributed by atoms with E-state index in [4.69, 9.17) is 21.9 Å². The highest BCUT2D eigenvalue weighted by atomic mass is 19.4. The molecule has 0 saturated carbocycles. The molecule has 1 heterocycles. The lowest BCUT2D eigenvalue weighted by molar-refractivity contribution is -0.137. The zero-order valence-corrected chi connectivity index (χ0v) is 16.7. The molecule has 0 saturated heterocycles. The molecule has 0 unspecified atom stereocenters. The highest BCUT2D eigenvalue weighted by Crippen LogP contribution is 2.37. The van der Waals surface area contributed by atoms with Crippen LogP contribution in [-0.2, 0) is 16.5 Å². The van der Waals surface area contributed by atoms with E-state index in [0.717, 1.165) is 12.1 Å². The van der Waals surface area contributed by atoms with Gasteiger partial charge in [0.2, 0.25) is 17.7 Å². The predicted octanol–water partition coefficient (Wildman–Crippen LogP) is 1.88. The molecule has 31 heavy (non-hydrogen) atoms. The van der Waals surface area contributed by atoms with Crippen LogP contribution in [0.1, 0.15) is 36.6 Å². The fourth-order valence-electron chi connectivity index (χ4n) is 3.04. The van der Waals surface area contributed by atoms with E-state index >= 15 is 0 Å². The number of carbonyl (C=O) groups is 1. The molecular weight excluding hydrogens is 415 g/mol. The van der Waals surface area contributed by atoms with Crippen LogP contribution in [0.25, 0.3) is 0 Å². The summed E-state index contributed by atoms with van der Waals surface area (Å²) in [6.45, 7) is 1.92. The number of nitrogens with two attached hydrogens (primary N) is 3. The number of carbonyl (C=O) groups excluding carboxylic acids is 1. The van der Waals surface area contributed by atoms with E-state index in [2.05, 4.69) is 15.3 Å². The van der Waals surface area contributed by atoms with E-state index in [1.807, 2.05) is 6.07 Å². The summed E-state index contributed by atoms with van der Waals surface area (Å²) in [6, 6.07) is 6.07. The van der Waals surface area contributed by atoms with Crippen LogP contribution < -0.4 is 27.3 Å². The number of hydrogen-bond acceptors (Lipinski definition) is 8. The van der Waals surface area contributed by atoms with Crippen molar-refractivity contribution in [1.82, 2.24) is 9.97 Å². The Morgan fingerprint density at radius 2 is 2.03 bits per heavy atom. The van der Waals surface area contributed by atoms with Crippen LogP contribution in [0.4, 0.5) is 24.8 Å². The van der Waals surface area contributed by atoms with Crippen LogP contribution in [0.2, 0.25) is 0 Å². The largest absolute Gasteiger partial charge is 0.477 e. The molecule has 1 aromatic carbocycles. The number of nitrogens with one attached hydrogen (secondary N) is 1. The van der Waals surface area contributed by atoms with Gasteiger partial charge in [0.1, 0.15) is 17.3 Å². The van der Waals surface area contributed by atoms with Gasteiger partial charge >= 0.3 is 6.18 Å². The van der Waals surface area contributed by atoms with Gasteiger partial charge in [0.25, 0.3) is 0 Å². The van der Waals surface area contributed by atoms with E-state index in [1.165, 1.54) is 12.1 Å². The van der Waals surface area contributed by atoms with E-state index < -0.39 is 23.2 Å². The molecule has 1 amide bonds. The van der Waals surface area contributed by atoms with Gasteiger partial charge in [-0.25, -0.2) is 4.98 Å². The zero-order valence-electron chi connectivity index (χ0n) is 16.7. The molecule has 7 N–H and O–H groups in total. The molecule has 0 fully saturated rings. The number of alkyl halides is 3. The summed E-state index contributed by atoms with van der Waals surface area (Å²) in [4.78, 5) is 20.6. The molecule has 9 nitrogen and oxygen atoms in total. The van der Waals surface area contributed by atoms with Crippen molar-refractivity contribution in [1.29, 1.82) is 5.26 Å². The first-order chi connectivity index (χ1) is 14.6. The summed E-state index contributed by atoms with van der Waals surface area (Å²) in [5, 5.41) is 12.4. The second-order valence-corrected chi connectivity index (χ2v) is 6.52. The van der Waals surface area contributed by atoms with Gasteiger partial charge < -0.3 is 27.3 Å². The summed E-state index contributed by atoms with van der Waals surface area (Å²) in [6.07, 6.45) is -4.46. The maximum atomic E-state index is 13.2. The lowest BCUT2D eigenvalue weighted by Crippen LogP contribution is -2.49. The monoisotopic (exact) mass is 437 g/mol. The van der Waals surface area contributed by atoms with Crippen molar-refractivity contribution in [2.24, 2.45) is 11.5 Å². The molecule has 2 aromatic rings. The number of amides is 1. The van der Waals surface area contributed by atoms with Crippen molar-refractivity contribution in [3.05, 3.63) is 41.1 Å². The van der Waals surface area contributed by atoms with Gasteiger partial charge in [-0.1, -0.05) is 6.07 Å². The van der Waals surface area contributed by atoms with E-state index in [0.29, 0.717) is 0 Å². The Hall–Kier alpha value is -3.59. The fourth-order valence-corrected chi connectivity index (χ4v) is 3.04. The normalized spacial score (nSPS) is 13.2. The number of halogens is 3. The molecular formula is C19H22F3N7O2. The molecule has 0 radical (unpaired) electrons. The quantitative estimate of drug-likeness (QED) is 0.461. The average molecular weight is 437 g/mol. The van der Waals surface area contributed by atoms with Crippen molar-refractivity contribution in [2.45, 2.75) is 31.5 Å². The Balaban J connectivity index is 2.75. The van der Waals surface area contributed by atoms with Crippen LogP contribution in [0, 0.1) is 11.3 Å². The fraction of sp³-hybridized carbons (Fsp3) is 0.368. The SMILES string of the molecule is CCOc1nc(N)nc([C@@](CCCN)(Nc2cccc(C(F)(F)F)c2)C(N)=O)c1C#N. The van der Waals surface area contributed by atoms with Gasteiger partial charge in [0, 0.05) is 5.69 Å². The first-order valence-corrected chi connectivity index (χ1v) is 9.25. The van der Waals surface area contributed by atoms with Crippen LogP contribution in [0.5, 0.6) is 5.88 Å². The Morgan fingerprint density at radius 3 is 2.58 bits per heavy atom. The molecule has 1 aromatic heterocycles.